The normalized spacial score (nSPS) is 12.5. The Kier molecular flexibility index (Phi) is 3.56. The van der Waals surface area contributed by atoms with Crippen molar-refractivity contribution >= 4 is 0 Å². The zero-order valence-electron chi connectivity index (χ0n) is 10.1. The second kappa shape index (κ2) is 4.94. The third kappa shape index (κ3) is 2.93. The van der Waals surface area contributed by atoms with Crippen LogP contribution in [0.5, 0.6) is 0 Å². The van der Waals surface area contributed by atoms with Crippen molar-refractivity contribution in [1.82, 2.24) is 4.98 Å². The third-order valence-corrected chi connectivity index (χ3v) is 2.77. The maximum absolute atomic E-state index is 12.9. The molecule has 8 heteroatoms. The van der Waals surface area contributed by atoms with Gasteiger partial charge < -0.3 is 4.98 Å². The maximum atomic E-state index is 12.9. The number of aromatic nitrogens is 1. The van der Waals surface area contributed by atoms with Gasteiger partial charge in [0, 0.05) is 6.20 Å². The van der Waals surface area contributed by atoms with E-state index in [1.807, 2.05) is 4.98 Å². The van der Waals surface area contributed by atoms with E-state index in [-0.39, 0.29) is 0 Å². The lowest BCUT2D eigenvalue weighted by molar-refractivity contribution is -0.139. The summed E-state index contributed by atoms with van der Waals surface area (Å²) in [7, 11) is 0. The minimum Gasteiger partial charge on any atom is -0.329 e. The van der Waals surface area contributed by atoms with Gasteiger partial charge in [-0.25, -0.2) is 0 Å². The summed E-state index contributed by atoms with van der Waals surface area (Å²) in [5, 5.41) is 0. The fraction of sp³-hybridized carbons (Fsp3) is 0.154. The first-order valence-electron chi connectivity index (χ1n) is 5.58. The average Bonchev–Trinajstić information content (AvgIpc) is 2.36. The molecule has 2 aromatic rings. The summed E-state index contributed by atoms with van der Waals surface area (Å²) < 4.78 is 77.4. The minimum atomic E-state index is -4.94. The summed E-state index contributed by atoms with van der Waals surface area (Å²) >= 11 is 0. The largest absolute Gasteiger partial charge is 0.417 e. The fourth-order valence-corrected chi connectivity index (χ4v) is 1.93. The van der Waals surface area contributed by atoms with E-state index in [4.69, 9.17) is 0 Å². The van der Waals surface area contributed by atoms with Crippen LogP contribution in [0.4, 0.5) is 26.3 Å². The molecule has 0 amide bonds. The molecule has 0 bridgehead atoms. The molecule has 0 aliphatic heterocycles. The van der Waals surface area contributed by atoms with Crippen LogP contribution in [0, 0.1) is 0 Å². The first-order chi connectivity index (χ1) is 9.62. The summed E-state index contributed by atoms with van der Waals surface area (Å²) in [4.78, 5) is 13.6. The monoisotopic (exact) mass is 307 g/mol. The van der Waals surface area contributed by atoms with Crippen molar-refractivity contribution in [1.29, 1.82) is 0 Å². The molecular formula is C13H7F6NO. The number of rotatable bonds is 1. The van der Waals surface area contributed by atoms with E-state index in [1.54, 1.807) is 0 Å². The number of aromatic amines is 1. The lowest BCUT2D eigenvalue weighted by Gasteiger charge is -2.16. The van der Waals surface area contributed by atoms with Gasteiger partial charge in [0.1, 0.15) is 0 Å². The Balaban J connectivity index is 2.84. The predicted octanol–water partition coefficient (Wildman–Crippen LogP) is 4.08. The molecule has 2 nitrogen and oxygen atoms in total. The Labute approximate surface area is 114 Å². The van der Waals surface area contributed by atoms with Gasteiger partial charge in [-0.3, -0.25) is 4.79 Å². The van der Waals surface area contributed by atoms with E-state index >= 15 is 0 Å². The molecule has 1 aromatic carbocycles. The Bertz CT molecular complexity index is 714. The third-order valence-electron chi connectivity index (χ3n) is 2.77. The topological polar surface area (TPSA) is 32.9 Å². The van der Waals surface area contributed by atoms with E-state index in [9.17, 15) is 31.1 Å². The van der Waals surface area contributed by atoms with Crippen LogP contribution in [0.15, 0.2) is 41.3 Å². The van der Waals surface area contributed by atoms with E-state index in [1.165, 1.54) is 0 Å². The van der Waals surface area contributed by atoms with Crippen molar-refractivity contribution < 1.29 is 26.3 Å². The van der Waals surface area contributed by atoms with Crippen molar-refractivity contribution in [2.45, 2.75) is 12.4 Å². The van der Waals surface area contributed by atoms with Crippen LogP contribution >= 0.6 is 0 Å². The van der Waals surface area contributed by atoms with E-state index < -0.39 is 40.2 Å². The highest BCUT2D eigenvalue weighted by Crippen LogP contribution is 2.40. The number of benzene rings is 1. The number of hydrogen-bond donors (Lipinski definition) is 1. The van der Waals surface area contributed by atoms with E-state index in [0.29, 0.717) is 12.1 Å². The summed E-state index contributed by atoms with van der Waals surface area (Å²) in [5.41, 5.74) is -5.80. The van der Waals surface area contributed by atoms with Gasteiger partial charge in [0.15, 0.2) is 0 Å². The van der Waals surface area contributed by atoms with Crippen LogP contribution in [0.3, 0.4) is 0 Å². The highest BCUT2D eigenvalue weighted by atomic mass is 19.4. The molecule has 0 saturated carbocycles. The SMILES string of the molecule is O=c1[nH]ccc(C(F)(F)F)c1-c1ccccc1C(F)(F)F. The predicted molar refractivity (Wildman–Crippen MR) is 62.5 cm³/mol. The Morgan fingerprint density at radius 3 is 1.95 bits per heavy atom. The summed E-state index contributed by atoms with van der Waals surface area (Å²) in [6, 6.07) is 4.17. The molecule has 1 N–H and O–H groups in total. The number of pyridine rings is 1. The molecule has 0 aliphatic rings. The number of alkyl halides is 6. The average molecular weight is 307 g/mol. The van der Waals surface area contributed by atoms with Crippen molar-refractivity contribution in [3.8, 4) is 11.1 Å². The summed E-state index contributed by atoms with van der Waals surface area (Å²) in [6.45, 7) is 0. The summed E-state index contributed by atoms with van der Waals surface area (Å²) in [6.07, 6.45) is -9.07. The molecule has 21 heavy (non-hydrogen) atoms. The fourth-order valence-electron chi connectivity index (χ4n) is 1.93. The maximum Gasteiger partial charge on any atom is 0.417 e. The smallest absolute Gasteiger partial charge is 0.329 e. The van der Waals surface area contributed by atoms with Crippen LogP contribution in [0.1, 0.15) is 11.1 Å². The van der Waals surface area contributed by atoms with Gasteiger partial charge in [-0.2, -0.15) is 26.3 Å². The van der Waals surface area contributed by atoms with Crippen LogP contribution in [-0.4, -0.2) is 4.98 Å². The zero-order chi connectivity index (χ0) is 15.8. The zero-order valence-corrected chi connectivity index (χ0v) is 10.1. The highest BCUT2D eigenvalue weighted by molar-refractivity contribution is 5.71. The molecule has 0 atom stereocenters. The molecule has 112 valence electrons. The first-order valence-corrected chi connectivity index (χ1v) is 5.58. The molecule has 0 unspecified atom stereocenters. The second-order valence-electron chi connectivity index (χ2n) is 4.14. The quantitative estimate of drug-likeness (QED) is 0.791. The van der Waals surface area contributed by atoms with Crippen LogP contribution < -0.4 is 5.56 Å². The van der Waals surface area contributed by atoms with Gasteiger partial charge in [0.25, 0.3) is 5.56 Å². The van der Waals surface area contributed by atoms with E-state index in [2.05, 4.69) is 0 Å². The van der Waals surface area contributed by atoms with Gasteiger partial charge in [-0.15, -0.1) is 0 Å². The molecule has 1 heterocycles. The van der Waals surface area contributed by atoms with Crippen molar-refractivity contribution in [3.05, 3.63) is 58.0 Å². The number of halogens is 6. The molecule has 2 rings (SSSR count). The second-order valence-corrected chi connectivity index (χ2v) is 4.14. The lowest BCUT2D eigenvalue weighted by atomic mass is 9.96. The van der Waals surface area contributed by atoms with Gasteiger partial charge in [-0.1, -0.05) is 18.2 Å². The standard InChI is InChI=1S/C13H7F6NO/c14-12(15,16)8-4-2-1-3-7(8)10-9(13(17,18)19)5-6-20-11(10)21/h1-6H,(H,20,21). The van der Waals surface area contributed by atoms with Crippen LogP contribution in [0.25, 0.3) is 11.1 Å². The van der Waals surface area contributed by atoms with Gasteiger partial charge in [0.05, 0.1) is 16.7 Å². The molecule has 0 saturated heterocycles. The summed E-state index contributed by atoms with van der Waals surface area (Å²) in [5.74, 6) is 0. The highest BCUT2D eigenvalue weighted by Gasteiger charge is 2.39. The molecule has 1 aromatic heterocycles. The Morgan fingerprint density at radius 2 is 1.38 bits per heavy atom. The minimum absolute atomic E-state index is 0.532. The number of nitrogens with one attached hydrogen (secondary N) is 1. The number of H-pyrrole nitrogens is 1. The van der Waals surface area contributed by atoms with Gasteiger partial charge in [0.2, 0.25) is 0 Å². The van der Waals surface area contributed by atoms with Crippen molar-refractivity contribution in [3.63, 3.8) is 0 Å². The molecule has 0 radical (unpaired) electrons. The lowest BCUT2D eigenvalue weighted by Crippen LogP contribution is -2.19. The molecular weight excluding hydrogens is 300 g/mol. The molecule has 0 fully saturated rings. The number of hydrogen-bond acceptors (Lipinski definition) is 1. The molecule has 0 spiro atoms. The first kappa shape index (κ1) is 15.1. The van der Waals surface area contributed by atoms with Gasteiger partial charge in [-0.05, 0) is 17.7 Å². The van der Waals surface area contributed by atoms with Crippen LogP contribution in [0.2, 0.25) is 0 Å². The van der Waals surface area contributed by atoms with Gasteiger partial charge >= 0.3 is 12.4 Å². The Morgan fingerprint density at radius 1 is 0.810 bits per heavy atom. The molecule has 0 aliphatic carbocycles. The van der Waals surface area contributed by atoms with E-state index in [0.717, 1.165) is 24.4 Å². The Hall–Kier alpha value is -2.25. The van der Waals surface area contributed by atoms with Crippen LogP contribution in [-0.2, 0) is 12.4 Å². The van der Waals surface area contributed by atoms with Crippen molar-refractivity contribution in [2.24, 2.45) is 0 Å². The van der Waals surface area contributed by atoms with Crippen molar-refractivity contribution in [2.75, 3.05) is 0 Å².